The molecule has 1 amide bonds. The molecule has 1 N–H and O–H groups in total. The molecule has 0 fully saturated rings. The van der Waals surface area contributed by atoms with Crippen LogP contribution in [-0.4, -0.2) is 20.9 Å². The van der Waals surface area contributed by atoms with Crippen molar-refractivity contribution in [2.45, 2.75) is 31.7 Å². The molecule has 0 aliphatic rings. The van der Waals surface area contributed by atoms with Crippen LogP contribution in [-0.2, 0) is 14.8 Å². The smallest absolute Gasteiger partial charge is 0.264 e. The molecule has 3 rings (SSSR count). The van der Waals surface area contributed by atoms with E-state index in [2.05, 4.69) is 5.32 Å². The molecule has 1 unspecified atom stereocenters. The van der Waals surface area contributed by atoms with Gasteiger partial charge in [-0.15, -0.1) is 0 Å². The quantitative estimate of drug-likeness (QED) is 0.615. The Morgan fingerprint density at radius 3 is 2.20 bits per heavy atom. The molecule has 1 atom stereocenters. The molecule has 3 aromatic rings. The van der Waals surface area contributed by atoms with Crippen molar-refractivity contribution < 1.29 is 13.2 Å². The number of nitrogens with zero attached hydrogens (tertiary/aromatic N) is 1. The highest BCUT2D eigenvalue weighted by Gasteiger charge is 2.27. The number of nitrogens with one attached hydrogen (secondary N) is 1. The van der Waals surface area contributed by atoms with Crippen LogP contribution in [0.3, 0.4) is 0 Å². The van der Waals surface area contributed by atoms with E-state index in [0.29, 0.717) is 5.69 Å². The Morgan fingerprint density at radius 2 is 1.57 bits per heavy atom. The number of carbonyl (C=O) groups is 1. The summed E-state index contributed by atoms with van der Waals surface area (Å²) in [6.07, 6.45) is 0. The molecule has 0 radical (unpaired) electrons. The summed E-state index contributed by atoms with van der Waals surface area (Å²) < 4.78 is 27.8. The SMILES string of the molecule is Cc1ccc(C(C)NC(=O)CN(c2cccc(C)c2)S(=O)(=O)c2ccccc2)cc1. The fraction of sp³-hybridized carbons (Fsp3) is 0.208. The third-order valence-corrected chi connectivity index (χ3v) is 6.65. The molecule has 0 aliphatic heterocycles. The third-order valence-electron chi connectivity index (χ3n) is 4.86. The summed E-state index contributed by atoms with van der Waals surface area (Å²) in [6.45, 7) is 5.46. The lowest BCUT2D eigenvalue weighted by atomic mass is 10.1. The zero-order valence-corrected chi connectivity index (χ0v) is 18.2. The zero-order chi connectivity index (χ0) is 21.7. The molecule has 5 nitrogen and oxygen atoms in total. The summed E-state index contributed by atoms with van der Waals surface area (Å²) in [5.41, 5.74) is 3.46. The molecule has 0 saturated carbocycles. The van der Waals surface area contributed by atoms with E-state index in [9.17, 15) is 13.2 Å². The van der Waals surface area contributed by atoms with E-state index in [4.69, 9.17) is 0 Å². The van der Waals surface area contributed by atoms with Crippen molar-refractivity contribution >= 4 is 21.6 Å². The number of hydrogen-bond donors (Lipinski definition) is 1. The first-order valence-corrected chi connectivity index (χ1v) is 11.2. The second kappa shape index (κ2) is 9.13. The largest absolute Gasteiger partial charge is 0.348 e. The Kier molecular flexibility index (Phi) is 6.57. The maximum absolute atomic E-state index is 13.3. The summed E-state index contributed by atoms with van der Waals surface area (Å²) in [6, 6.07) is 22.9. The van der Waals surface area contributed by atoms with Gasteiger partial charge in [-0.1, -0.05) is 60.2 Å². The number of benzene rings is 3. The highest BCUT2D eigenvalue weighted by atomic mass is 32.2. The molecule has 156 valence electrons. The summed E-state index contributed by atoms with van der Waals surface area (Å²) in [7, 11) is -3.90. The van der Waals surface area contributed by atoms with E-state index in [1.165, 1.54) is 12.1 Å². The molecule has 6 heteroatoms. The Labute approximate surface area is 178 Å². The Morgan fingerprint density at radius 1 is 0.900 bits per heavy atom. The molecule has 30 heavy (non-hydrogen) atoms. The van der Waals surface area contributed by atoms with Gasteiger partial charge in [0.2, 0.25) is 5.91 Å². The first kappa shape index (κ1) is 21.6. The predicted molar refractivity (Wildman–Crippen MR) is 120 cm³/mol. The Bertz CT molecular complexity index is 1110. The van der Waals surface area contributed by atoms with Gasteiger partial charge < -0.3 is 5.32 Å². The number of aryl methyl sites for hydroxylation is 2. The van der Waals surface area contributed by atoms with Crippen molar-refractivity contribution in [3.63, 3.8) is 0 Å². The van der Waals surface area contributed by atoms with Crippen molar-refractivity contribution in [3.8, 4) is 0 Å². The number of carbonyl (C=O) groups excluding carboxylic acids is 1. The van der Waals surface area contributed by atoms with Crippen LogP contribution in [0, 0.1) is 13.8 Å². The van der Waals surface area contributed by atoms with Gasteiger partial charge in [0, 0.05) is 0 Å². The van der Waals surface area contributed by atoms with E-state index >= 15 is 0 Å². The van der Waals surface area contributed by atoms with Crippen LogP contribution >= 0.6 is 0 Å². The van der Waals surface area contributed by atoms with Gasteiger partial charge in [0.15, 0.2) is 0 Å². The first-order valence-electron chi connectivity index (χ1n) is 9.78. The van der Waals surface area contributed by atoms with Crippen LogP contribution in [0.1, 0.15) is 29.7 Å². The van der Waals surface area contributed by atoms with Crippen molar-refractivity contribution in [1.82, 2.24) is 5.32 Å². The Hall–Kier alpha value is -3.12. The average Bonchev–Trinajstić information content (AvgIpc) is 2.73. The fourth-order valence-electron chi connectivity index (χ4n) is 3.17. The molecule has 3 aromatic carbocycles. The molecule has 0 heterocycles. The van der Waals surface area contributed by atoms with Gasteiger partial charge in [-0.3, -0.25) is 9.10 Å². The van der Waals surface area contributed by atoms with Crippen LogP contribution in [0.4, 0.5) is 5.69 Å². The molecular weight excluding hydrogens is 396 g/mol. The molecule has 0 aromatic heterocycles. The monoisotopic (exact) mass is 422 g/mol. The molecule has 0 saturated heterocycles. The molecule has 0 aliphatic carbocycles. The van der Waals surface area contributed by atoms with Crippen molar-refractivity contribution in [1.29, 1.82) is 0 Å². The van der Waals surface area contributed by atoms with E-state index in [1.54, 1.807) is 36.4 Å². The lowest BCUT2D eigenvalue weighted by Crippen LogP contribution is -2.41. The van der Waals surface area contributed by atoms with Gasteiger partial charge in [-0.05, 0) is 56.2 Å². The highest BCUT2D eigenvalue weighted by Crippen LogP contribution is 2.24. The summed E-state index contributed by atoms with van der Waals surface area (Å²) in [4.78, 5) is 13.0. The minimum absolute atomic E-state index is 0.144. The van der Waals surface area contributed by atoms with Crippen molar-refractivity contribution in [3.05, 3.63) is 95.6 Å². The van der Waals surface area contributed by atoms with Gasteiger partial charge in [-0.2, -0.15) is 0 Å². The minimum Gasteiger partial charge on any atom is -0.348 e. The molecular formula is C24H26N2O3S. The van der Waals surface area contributed by atoms with E-state index in [1.807, 2.05) is 51.1 Å². The number of rotatable bonds is 7. The van der Waals surface area contributed by atoms with Gasteiger partial charge in [-0.25, -0.2) is 8.42 Å². The summed E-state index contributed by atoms with van der Waals surface area (Å²) >= 11 is 0. The van der Waals surface area contributed by atoms with Crippen molar-refractivity contribution in [2.24, 2.45) is 0 Å². The van der Waals surface area contributed by atoms with Crippen LogP contribution in [0.15, 0.2) is 83.8 Å². The van der Waals surface area contributed by atoms with Crippen LogP contribution < -0.4 is 9.62 Å². The van der Waals surface area contributed by atoms with E-state index in [-0.39, 0.29) is 23.4 Å². The van der Waals surface area contributed by atoms with Crippen LogP contribution in [0.5, 0.6) is 0 Å². The summed E-state index contributed by atoms with van der Waals surface area (Å²) in [5, 5.41) is 2.91. The fourth-order valence-corrected chi connectivity index (χ4v) is 4.61. The predicted octanol–water partition coefficient (Wildman–Crippen LogP) is 4.38. The van der Waals surface area contributed by atoms with Crippen molar-refractivity contribution in [2.75, 3.05) is 10.8 Å². The lowest BCUT2D eigenvalue weighted by molar-refractivity contribution is -0.120. The molecule has 0 spiro atoms. The second-order valence-corrected chi connectivity index (χ2v) is 9.23. The highest BCUT2D eigenvalue weighted by molar-refractivity contribution is 7.92. The maximum Gasteiger partial charge on any atom is 0.264 e. The van der Waals surface area contributed by atoms with Gasteiger partial charge in [0.1, 0.15) is 6.54 Å². The summed E-state index contributed by atoms with van der Waals surface area (Å²) in [5.74, 6) is -0.371. The maximum atomic E-state index is 13.3. The average molecular weight is 423 g/mol. The van der Waals surface area contributed by atoms with E-state index in [0.717, 1.165) is 21.0 Å². The first-order chi connectivity index (χ1) is 14.3. The standard InChI is InChI=1S/C24H26N2O3S/c1-18-12-14-21(15-13-18)20(3)25-24(27)17-26(22-9-7-8-19(2)16-22)30(28,29)23-10-5-4-6-11-23/h4-16,20H,17H2,1-3H3,(H,25,27). The van der Waals surface area contributed by atoms with E-state index < -0.39 is 10.0 Å². The normalized spacial score (nSPS) is 12.2. The third kappa shape index (κ3) is 5.07. The lowest BCUT2D eigenvalue weighted by Gasteiger charge is -2.25. The number of amides is 1. The minimum atomic E-state index is -3.90. The van der Waals surface area contributed by atoms with Gasteiger partial charge >= 0.3 is 0 Å². The second-order valence-electron chi connectivity index (χ2n) is 7.36. The Balaban J connectivity index is 1.87. The number of hydrogen-bond acceptors (Lipinski definition) is 3. The van der Waals surface area contributed by atoms with Crippen LogP contribution in [0.25, 0.3) is 0 Å². The number of sulfonamides is 1. The van der Waals surface area contributed by atoms with Crippen LogP contribution in [0.2, 0.25) is 0 Å². The zero-order valence-electron chi connectivity index (χ0n) is 17.4. The number of anilines is 1. The topological polar surface area (TPSA) is 66.5 Å². The molecule has 0 bridgehead atoms. The van der Waals surface area contributed by atoms with Gasteiger partial charge in [0.05, 0.1) is 16.6 Å². The van der Waals surface area contributed by atoms with Gasteiger partial charge in [0.25, 0.3) is 10.0 Å².